The van der Waals surface area contributed by atoms with E-state index in [1.54, 1.807) is 12.6 Å². The number of benzene rings is 1. The summed E-state index contributed by atoms with van der Waals surface area (Å²) >= 11 is 0. The molecule has 0 saturated carbocycles. The fraction of sp³-hybridized carbons (Fsp3) is 0.400. The van der Waals surface area contributed by atoms with E-state index in [0.717, 1.165) is 49.1 Å². The van der Waals surface area contributed by atoms with Crippen LogP contribution in [0.5, 0.6) is 0 Å². The molecule has 0 fully saturated rings. The van der Waals surface area contributed by atoms with Crippen LogP contribution in [0.2, 0.25) is 0 Å². The molecule has 0 bridgehead atoms. The molecule has 0 spiro atoms. The standard InChI is InChI=1S/C20H27N7O.HI/c1-4-18-26-24-14-27(18)11-10-22-20(21-5-2)23-12-17-13-28-19(25-17)16-8-6-15(3)7-9-16;/h6-9,13-14H,4-5,10-12H2,1-3H3,(H2,21,22,23);1H. The van der Waals surface area contributed by atoms with Gasteiger partial charge in [-0.2, -0.15) is 0 Å². The van der Waals surface area contributed by atoms with Crippen LogP contribution in [0.3, 0.4) is 0 Å². The number of rotatable bonds is 8. The molecular formula is C20H28IN7O. The molecule has 1 aromatic carbocycles. The number of aryl methyl sites for hydroxylation is 2. The zero-order valence-electron chi connectivity index (χ0n) is 17.1. The van der Waals surface area contributed by atoms with Crippen molar-refractivity contribution in [2.75, 3.05) is 13.1 Å². The van der Waals surface area contributed by atoms with E-state index >= 15 is 0 Å². The Morgan fingerprint density at radius 2 is 1.97 bits per heavy atom. The van der Waals surface area contributed by atoms with Gasteiger partial charge in [-0.05, 0) is 26.0 Å². The van der Waals surface area contributed by atoms with E-state index in [1.807, 2.05) is 35.8 Å². The molecule has 29 heavy (non-hydrogen) atoms. The maximum absolute atomic E-state index is 5.60. The second-order valence-electron chi connectivity index (χ2n) is 6.43. The summed E-state index contributed by atoms with van der Waals surface area (Å²) in [6.45, 7) is 8.90. The lowest BCUT2D eigenvalue weighted by atomic mass is 10.1. The van der Waals surface area contributed by atoms with Crippen molar-refractivity contribution >= 4 is 29.9 Å². The number of halogens is 1. The normalized spacial score (nSPS) is 11.2. The summed E-state index contributed by atoms with van der Waals surface area (Å²) in [7, 11) is 0. The van der Waals surface area contributed by atoms with Gasteiger partial charge in [-0.25, -0.2) is 9.98 Å². The number of aliphatic imine (C=N–C) groups is 1. The molecule has 2 heterocycles. The van der Waals surface area contributed by atoms with Crippen molar-refractivity contribution in [3.63, 3.8) is 0 Å². The second-order valence-corrected chi connectivity index (χ2v) is 6.43. The van der Waals surface area contributed by atoms with Gasteiger partial charge in [0, 0.05) is 31.6 Å². The predicted octanol–water partition coefficient (Wildman–Crippen LogP) is 3.18. The summed E-state index contributed by atoms with van der Waals surface area (Å²) < 4.78 is 7.64. The van der Waals surface area contributed by atoms with E-state index in [9.17, 15) is 0 Å². The quantitative estimate of drug-likeness (QED) is 0.275. The number of hydrogen-bond acceptors (Lipinski definition) is 5. The zero-order valence-corrected chi connectivity index (χ0v) is 19.4. The Bertz CT molecular complexity index is 902. The fourth-order valence-electron chi connectivity index (χ4n) is 2.74. The zero-order chi connectivity index (χ0) is 19.8. The smallest absolute Gasteiger partial charge is 0.226 e. The van der Waals surface area contributed by atoms with Gasteiger partial charge in [-0.1, -0.05) is 24.6 Å². The molecule has 2 N–H and O–H groups in total. The highest BCUT2D eigenvalue weighted by Crippen LogP contribution is 2.19. The summed E-state index contributed by atoms with van der Waals surface area (Å²) in [6, 6.07) is 8.11. The molecule has 0 saturated heterocycles. The molecule has 8 nitrogen and oxygen atoms in total. The molecular weight excluding hydrogens is 481 g/mol. The van der Waals surface area contributed by atoms with Gasteiger partial charge in [0.2, 0.25) is 5.89 Å². The summed E-state index contributed by atoms with van der Waals surface area (Å²) in [5, 5.41) is 14.6. The van der Waals surface area contributed by atoms with Crippen LogP contribution in [-0.4, -0.2) is 38.8 Å². The van der Waals surface area contributed by atoms with Gasteiger partial charge in [0.15, 0.2) is 5.96 Å². The van der Waals surface area contributed by atoms with Crippen molar-refractivity contribution in [1.29, 1.82) is 0 Å². The molecule has 0 atom stereocenters. The number of nitrogens with zero attached hydrogens (tertiary/aromatic N) is 5. The predicted molar refractivity (Wildman–Crippen MR) is 124 cm³/mol. The van der Waals surface area contributed by atoms with Crippen LogP contribution in [-0.2, 0) is 19.5 Å². The van der Waals surface area contributed by atoms with Crippen LogP contribution in [0, 0.1) is 6.92 Å². The molecule has 156 valence electrons. The summed E-state index contributed by atoms with van der Waals surface area (Å²) in [4.78, 5) is 9.13. The lowest BCUT2D eigenvalue weighted by Crippen LogP contribution is -2.38. The van der Waals surface area contributed by atoms with Crippen molar-refractivity contribution in [2.24, 2.45) is 4.99 Å². The summed E-state index contributed by atoms with van der Waals surface area (Å²) in [5.41, 5.74) is 2.96. The molecule has 0 aliphatic carbocycles. The van der Waals surface area contributed by atoms with Crippen LogP contribution in [0.15, 0.2) is 46.3 Å². The van der Waals surface area contributed by atoms with E-state index in [2.05, 4.69) is 44.7 Å². The summed E-state index contributed by atoms with van der Waals surface area (Å²) in [6.07, 6.45) is 4.28. The Hall–Kier alpha value is -2.43. The summed E-state index contributed by atoms with van der Waals surface area (Å²) in [5.74, 6) is 2.34. The van der Waals surface area contributed by atoms with Gasteiger partial charge in [0.05, 0.1) is 6.54 Å². The van der Waals surface area contributed by atoms with Crippen molar-refractivity contribution in [3.05, 3.63) is 53.9 Å². The van der Waals surface area contributed by atoms with Gasteiger partial charge in [0.1, 0.15) is 24.1 Å². The highest BCUT2D eigenvalue weighted by Gasteiger charge is 2.07. The van der Waals surface area contributed by atoms with Crippen molar-refractivity contribution in [1.82, 2.24) is 30.4 Å². The molecule has 0 amide bonds. The molecule has 0 unspecified atom stereocenters. The third kappa shape index (κ3) is 6.55. The maximum atomic E-state index is 5.60. The van der Waals surface area contributed by atoms with Gasteiger partial charge in [-0.3, -0.25) is 0 Å². The van der Waals surface area contributed by atoms with E-state index < -0.39 is 0 Å². The van der Waals surface area contributed by atoms with Gasteiger partial charge in [0.25, 0.3) is 0 Å². The van der Waals surface area contributed by atoms with E-state index in [-0.39, 0.29) is 24.0 Å². The Kier molecular flexibility index (Phi) is 9.10. The largest absolute Gasteiger partial charge is 0.444 e. The molecule has 0 aliphatic heterocycles. The van der Waals surface area contributed by atoms with Crippen molar-refractivity contribution < 1.29 is 4.42 Å². The van der Waals surface area contributed by atoms with Crippen LogP contribution < -0.4 is 10.6 Å². The van der Waals surface area contributed by atoms with Crippen molar-refractivity contribution in [3.8, 4) is 11.5 Å². The molecule has 0 radical (unpaired) electrons. The van der Waals surface area contributed by atoms with E-state index in [0.29, 0.717) is 12.4 Å². The molecule has 3 rings (SSSR count). The van der Waals surface area contributed by atoms with Gasteiger partial charge in [-0.15, -0.1) is 34.2 Å². The number of oxazole rings is 1. The fourth-order valence-corrected chi connectivity index (χ4v) is 2.74. The minimum absolute atomic E-state index is 0. The first kappa shape index (κ1) is 22.9. The lowest BCUT2D eigenvalue weighted by Gasteiger charge is -2.11. The molecule has 3 aromatic rings. The van der Waals surface area contributed by atoms with Crippen LogP contribution in [0.25, 0.3) is 11.5 Å². The minimum Gasteiger partial charge on any atom is -0.444 e. The highest BCUT2D eigenvalue weighted by atomic mass is 127. The molecule has 2 aromatic heterocycles. The van der Waals surface area contributed by atoms with Crippen LogP contribution in [0.4, 0.5) is 0 Å². The third-order valence-electron chi connectivity index (χ3n) is 4.25. The number of guanidine groups is 1. The Morgan fingerprint density at radius 3 is 2.69 bits per heavy atom. The SMILES string of the molecule is CCNC(=NCc1coc(-c2ccc(C)cc2)n1)NCCn1cnnc1CC.I. The van der Waals surface area contributed by atoms with Gasteiger partial charge < -0.3 is 19.6 Å². The van der Waals surface area contributed by atoms with Crippen molar-refractivity contribution in [2.45, 2.75) is 40.3 Å². The lowest BCUT2D eigenvalue weighted by molar-refractivity contribution is 0.572. The Labute approximate surface area is 188 Å². The first-order valence-corrected chi connectivity index (χ1v) is 9.60. The van der Waals surface area contributed by atoms with E-state index in [4.69, 9.17) is 4.42 Å². The molecule has 0 aliphatic rings. The molecule has 9 heteroatoms. The monoisotopic (exact) mass is 509 g/mol. The van der Waals surface area contributed by atoms with E-state index in [1.165, 1.54) is 5.56 Å². The first-order valence-electron chi connectivity index (χ1n) is 9.60. The van der Waals surface area contributed by atoms with Crippen LogP contribution in [0.1, 0.15) is 30.9 Å². The average Bonchev–Trinajstić information content (AvgIpc) is 3.36. The third-order valence-corrected chi connectivity index (χ3v) is 4.25. The average molecular weight is 509 g/mol. The number of aromatic nitrogens is 4. The Morgan fingerprint density at radius 1 is 1.17 bits per heavy atom. The number of hydrogen-bond donors (Lipinski definition) is 2. The van der Waals surface area contributed by atoms with Gasteiger partial charge >= 0.3 is 0 Å². The van der Waals surface area contributed by atoms with Crippen LogP contribution >= 0.6 is 24.0 Å². The Balaban J connectivity index is 0.00000300. The first-order chi connectivity index (χ1) is 13.7. The topological polar surface area (TPSA) is 93.2 Å². The minimum atomic E-state index is 0. The number of nitrogens with one attached hydrogen (secondary N) is 2. The highest BCUT2D eigenvalue weighted by molar-refractivity contribution is 14.0. The maximum Gasteiger partial charge on any atom is 0.226 e. The second kappa shape index (κ2) is 11.5.